The summed E-state index contributed by atoms with van der Waals surface area (Å²) >= 11 is 0. The van der Waals surface area contributed by atoms with Crippen LogP contribution in [-0.4, -0.2) is 31.3 Å². The molecule has 0 saturated heterocycles. The predicted octanol–water partition coefficient (Wildman–Crippen LogP) is 1.04. The molecule has 88 valence electrons. The number of carbonyl (C=O) groups is 1. The van der Waals surface area contributed by atoms with E-state index >= 15 is 0 Å². The van der Waals surface area contributed by atoms with Gasteiger partial charge >= 0.3 is 5.97 Å². The lowest BCUT2D eigenvalue weighted by Gasteiger charge is -2.03. The van der Waals surface area contributed by atoms with Gasteiger partial charge in [-0.15, -0.1) is 0 Å². The van der Waals surface area contributed by atoms with Gasteiger partial charge in [-0.2, -0.15) is 8.42 Å². The number of esters is 1. The Kier molecular flexibility index (Phi) is 4.03. The Hall–Kier alpha value is -1.40. The SMILES string of the molecule is Cc1ccc(C(=O)OCCS(=O)(=O)O)cc1. The fourth-order valence-electron chi connectivity index (χ4n) is 1.01. The number of aryl methyl sites for hydroxylation is 1. The third kappa shape index (κ3) is 4.41. The summed E-state index contributed by atoms with van der Waals surface area (Å²) < 4.78 is 33.8. The summed E-state index contributed by atoms with van der Waals surface area (Å²) in [6.45, 7) is 1.53. The van der Waals surface area contributed by atoms with Gasteiger partial charge in [0.15, 0.2) is 0 Å². The van der Waals surface area contributed by atoms with E-state index in [9.17, 15) is 13.2 Å². The molecule has 1 aromatic carbocycles. The molecule has 0 aromatic heterocycles. The van der Waals surface area contributed by atoms with Gasteiger partial charge in [0.2, 0.25) is 0 Å². The van der Waals surface area contributed by atoms with Crippen molar-refractivity contribution in [3.63, 3.8) is 0 Å². The molecule has 0 aliphatic rings. The van der Waals surface area contributed by atoms with Crippen molar-refractivity contribution in [2.75, 3.05) is 12.4 Å². The van der Waals surface area contributed by atoms with Crippen molar-refractivity contribution >= 4 is 16.1 Å². The largest absolute Gasteiger partial charge is 0.461 e. The van der Waals surface area contributed by atoms with Gasteiger partial charge in [0, 0.05) is 0 Å². The van der Waals surface area contributed by atoms with Gasteiger partial charge in [-0.05, 0) is 19.1 Å². The second-order valence-corrected chi connectivity index (χ2v) is 4.86. The minimum absolute atomic E-state index is 0.348. The summed E-state index contributed by atoms with van der Waals surface area (Å²) in [5.74, 6) is -1.20. The van der Waals surface area contributed by atoms with Crippen molar-refractivity contribution in [3.05, 3.63) is 35.4 Å². The maximum atomic E-state index is 11.3. The molecule has 0 spiro atoms. The van der Waals surface area contributed by atoms with Gasteiger partial charge in [0.05, 0.1) is 5.56 Å². The maximum absolute atomic E-state index is 11.3. The van der Waals surface area contributed by atoms with E-state index in [0.29, 0.717) is 5.56 Å². The van der Waals surface area contributed by atoms with E-state index in [1.165, 1.54) is 0 Å². The van der Waals surface area contributed by atoms with Crippen LogP contribution in [0.5, 0.6) is 0 Å². The van der Waals surface area contributed by atoms with E-state index < -0.39 is 21.8 Å². The first kappa shape index (κ1) is 12.7. The fraction of sp³-hybridized carbons (Fsp3) is 0.300. The monoisotopic (exact) mass is 244 g/mol. The van der Waals surface area contributed by atoms with E-state index in [0.717, 1.165) is 5.56 Å². The quantitative estimate of drug-likeness (QED) is 0.632. The molecular formula is C10H12O5S. The van der Waals surface area contributed by atoms with Crippen LogP contribution in [0.25, 0.3) is 0 Å². The van der Waals surface area contributed by atoms with Gasteiger partial charge in [-0.1, -0.05) is 17.7 Å². The van der Waals surface area contributed by atoms with Crippen LogP contribution in [0.4, 0.5) is 0 Å². The summed E-state index contributed by atoms with van der Waals surface area (Å²) in [5.41, 5.74) is 1.36. The molecule has 0 unspecified atom stereocenters. The van der Waals surface area contributed by atoms with Crippen LogP contribution in [0.1, 0.15) is 15.9 Å². The number of ether oxygens (including phenoxy) is 1. The smallest absolute Gasteiger partial charge is 0.338 e. The zero-order chi connectivity index (χ0) is 12.2. The highest BCUT2D eigenvalue weighted by Crippen LogP contribution is 2.04. The van der Waals surface area contributed by atoms with Crippen molar-refractivity contribution in [3.8, 4) is 0 Å². The molecular weight excluding hydrogens is 232 g/mol. The minimum Gasteiger partial charge on any atom is -0.461 e. The highest BCUT2D eigenvalue weighted by molar-refractivity contribution is 7.85. The molecule has 1 N–H and O–H groups in total. The fourth-order valence-corrected chi connectivity index (χ4v) is 1.31. The van der Waals surface area contributed by atoms with Gasteiger partial charge in [0.1, 0.15) is 12.4 Å². The topological polar surface area (TPSA) is 80.7 Å². The summed E-state index contributed by atoms with van der Waals surface area (Å²) in [5, 5.41) is 0. The Balaban J connectivity index is 2.50. The molecule has 0 atom stereocenters. The minimum atomic E-state index is -4.09. The average molecular weight is 244 g/mol. The first-order valence-electron chi connectivity index (χ1n) is 4.57. The van der Waals surface area contributed by atoms with Gasteiger partial charge in [-0.25, -0.2) is 4.79 Å². The Labute approximate surface area is 93.8 Å². The molecule has 5 nitrogen and oxygen atoms in total. The predicted molar refractivity (Wildman–Crippen MR) is 57.9 cm³/mol. The lowest BCUT2D eigenvalue weighted by atomic mass is 10.1. The Morgan fingerprint density at radius 3 is 2.38 bits per heavy atom. The highest BCUT2D eigenvalue weighted by Gasteiger charge is 2.09. The molecule has 0 amide bonds. The second kappa shape index (κ2) is 5.09. The third-order valence-electron chi connectivity index (χ3n) is 1.86. The van der Waals surface area contributed by atoms with Crippen LogP contribution in [0.15, 0.2) is 24.3 Å². The van der Waals surface area contributed by atoms with Crippen molar-refractivity contribution in [1.29, 1.82) is 0 Å². The number of carbonyl (C=O) groups excluding carboxylic acids is 1. The van der Waals surface area contributed by atoms with Gasteiger partial charge in [0.25, 0.3) is 10.1 Å². The maximum Gasteiger partial charge on any atom is 0.338 e. The molecule has 1 aromatic rings. The average Bonchev–Trinajstić information content (AvgIpc) is 2.16. The molecule has 0 aliphatic heterocycles. The van der Waals surface area contributed by atoms with Crippen molar-refractivity contribution in [1.82, 2.24) is 0 Å². The first-order chi connectivity index (χ1) is 7.38. The molecule has 0 aliphatic carbocycles. The first-order valence-corrected chi connectivity index (χ1v) is 6.18. The zero-order valence-electron chi connectivity index (χ0n) is 8.71. The molecule has 6 heteroatoms. The van der Waals surface area contributed by atoms with Crippen LogP contribution in [-0.2, 0) is 14.9 Å². The standard InChI is InChI=1S/C10H12O5S/c1-8-2-4-9(5-3-8)10(11)15-6-7-16(12,13)14/h2-5H,6-7H2,1H3,(H,12,13,14). The van der Waals surface area contributed by atoms with Crippen LogP contribution in [0.3, 0.4) is 0 Å². The zero-order valence-corrected chi connectivity index (χ0v) is 9.53. The molecule has 16 heavy (non-hydrogen) atoms. The van der Waals surface area contributed by atoms with E-state index in [1.54, 1.807) is 24.3 Å². The molecule has 0 fully saturated rings. The highest BCUT2D eigenvalue weighted by atomic mass is 32.2. The molecule has 0 heterocycles. The van der Waals surface area contributed by atoms with Crippen LogP contribution in [0, 0.1) is 6.92 Å². The Morgan fingerprint density at radius 2 is 1.88 bits per heavy atom. The summed E-state index contributed by atoms with van der Waals surface area (Å²) in [7, 11) is -4.09. The summed E-state index contributed by atoms with van der Waals surface area (Å²) in [6.07, 6.45) is 0. The van der Waals surface area contributed by atoms with Crippen LogP contribution < -0.4 is 0 Å². The number of hydrogen-bond acceptors (Lipinski definition) is 4. The number of hydrogen-bond donors (Lipinski definition) is 1. The molecule has 1 rings (SSSR count). The van der Waals surface area contributed by atoms with E-state index in [1.807, 2.05) is 6.92 Å². The van der Waals surface area contributed by atoms with E-state index in [4.69, 9.17) is 4.55 Å². The Morgan fingerprint density at radius 1 is 1.31 bits per heavy atom. The van der Waals surface area contributed by atoms with E-state index in [2.05, 4.69) is 4.74 Å². The number of rotatable bonds is 4. The second-order valence-electron chi connectivity index (χ2n) is 3.29. The van der Waals surface area contributed by atoms with Gasteiger partial charge < -0.3 is 4.74 Å². The lowest BCUT2D eigenvalue weighted by molar-refractivity contribution is 0.0528. The Bertz CT molecular complexity index is 460. The molecule has 0 saturated carbocycles. The summed E-state index contributed by atoms with van der Waals surface area (Å²) in [6, 6.07) is 6.68. The van der Waals surface area contributed by atoms with Crippen molar-refractivity contribution < 1.29 is 22.5 Å². The molecule has 0 radical (unpaired) electrons. The lowest BCUT2D eigenvalue weighted by Crippen LogP contribution is -2.14. The van der Waals surface area contributed by atoms with Crippen molar-refractivity contribution in [2.45, 2.75) is 6.92 Å². The summed E-state index contributed by atoms with van der Waals surface area (Å²) in [4.78, 5) is 11.3. The van der Waals surface area contributed by atoms with Crippen molar-refractivity contribution in [2.24, 2.45) is 0 Å². The normalized spacial score (nSPS) is 11.1. The third-order valence-corrected chi connectivity index (χ3v) is 2.54. The van der Waals surface area contributed by atoms with E-state index in [-0.39, 0.29) is 6.61 Å². The number of benzene rings is 1. The van der Waals surface area contributed by atoms with Crippen LogP contribution in [0.2, 0.25) is 0 Å². The van der Waals surface area contributed by atoms with Crippen LogP contribution >= 0.6 is 0 Å². The van der Waals surface area contributed by atoms with Gasteiger partial charge in [-0.3, -0.25) is 4.55 Å². The molecule has 0 bridgehead atoms.